The number of benzene rings is 1. The van der Waals surface area contributed by atoms with E-state index in [2.05, 4.69) is 4.99 Å². The van der Waals surface area contributed by atoms with E-state index in [0.29, 0.717) is 6.42 Å². The van der Waals surface area contributed by atoms with Crippen LogP contribution in [-0.2, 0) is 0 Å². The third-order valence-electron chi connectivity index (χ3n) is 2.41. The van der Waals surface area contributed by atoms with Gasteiger partial charge in [0.15, 0.2) is 5.78 Å². The van der Waals surface area contributed by atoms with Gasteiger partial charge < -0.3 is 0 Å². The Bertz CT molecular complexity index is 412. The predicted octanol–water partition coefficient (Wildman–Crippen LogP) is 2.71. The van der Waals surface area contributed by atoms with Crippen molar-refractivity contribution >= 4 is 22.6 Å². The third-order valence-corrected chi connectivity index (χ3v) is 3.40. The van der Waals surface area contributed by atoms with E-state index in [1.807, 2.05) is 31.2 Å². The molecule has 0 aliphatic carbocycles. The fraction of sp³-hybridized carbons (Fsp3) is 0.333. The van der Waals surface area contributed by atoms with E-state index < -0.39 is 0 Å². The van der Waals surface area contributed by atoms with Gasteiger partial charge in [-0.3, -0.25) is 9.79 Å². The van der Waals surface area contributed by atoms with Gasteiger partial charge in [-0.2, -0.15) is 0 Å². The summed E-state index contributed by atoms with van der Waals surface area (Å²) in [6.07, 6.45) is 0.468. The Morgan fingerprint density at radius 3 is 2.93 bits per heavy atom. The Balaban J connectivity index is 2.11. The van der Waals surface area contributed by atoms with Crippen molar-refractivity contribution in [1.82, 2.24) is 0 Å². The summed E-state index contributed by atoms with van der Waals surface area (Å²) in [5.41, 5.74) is 1.87. The molecule has 0 saturated carbocycles. The monoisotopic (exact) mass is 219 g/mol. The maximum Gasteiger partial charge on any atom is 0.169 e. The number of nitrogens with zero attached hydrogens (tertiary/aromatic N) is 1. The standard InChI is InChI=1S/C12H13NOS/c1-9-4-2-3-5-10(9)11(14)8-12-13-6-7-15-12/h2-5H,6-8H2,1H3. The van der Waals surface area contributed by atoms with Crippen LogP contribution in [0.25, 0.3) is 0 Å². The maximum absolute atomic E-state index is 11.9. The first-order valence-electron chi connectivity index (χ1n) is 5.02. The largest absolute Gasteiger partial charge is 0.294 e. The van der Waals surface area contributed by atoms with Crippen molar-refractivity contribution in [2.45, 2.75) is 13.3 Å². The molecule has 0 aromatic heterocycles. The lowest BCUT2D eigenvalue weighted by atomic mass is 10.0. The molecule has 0 radical (unpaired) electrons. The molecule has 0 unspecified atom stereocenters. The highest BCUT2D eigenvalue weighted by atomic mass is 32.2. The molecule has 0 amide bonds. The van der Waals surface area contributed by atoms with E-state index in [4.69, 9.17) is 0 Å². The van der Waals surface area contributed by atoms with Gasteiger partial charge in [0, 0.05) is 17.9 Å². The highest BCUT2D eigenvalue weighted by Gasteiger charge is 2.14. The van der Waals surface area contributed by atoms with Crippen LogP contribution in [0.2, 0.25) is 0 Å². The molecule has 1 heterocycles. The number of thioether (sulfide) groups is 1. The van der Waals surface area contributed by atoms with Gasteiger partial charge in [0.2, 0.25) is 0 Å². The molecule has 78 valence electrons. The molecule has 1 aromatic carbocycles. The van der Waals surface area contributed by atoms with Crippen LogP contribution in [-0.4, -0.2) is 23.1 Å². The molecular formula is C12H13NOS. The summed E-state index contributed by atoms with van der Waals surface area (Å²) in [7, 11) is 0. The van der Waals surface area contributed by atoms with Crippen molar-refractivity contribution in [2.75, 3.05) is 12.3 Å². The molecule has 1 aliphatic heterocycles. The summed E-state index contributed by atoms with van der Waals surface area (Å²) >= 11 is 1.70. The molecule has 2 rings (SSSR count). The van der Waals surface area contributed by atoms with Gasteiger partial charge in [-0.15, -0.1) is 11.8 Å². The molecule has 1 aromatic rings. The van der Waals surface area contributed by atoms with Crippen LogP contribution >= 0.6 is 11.8 Å². The Morgan fingerprint density at radius 2 is 2.27 bits per heavy atom. The van der Waals surface area contributed by atoms with Gasteiger partial charge in [-0.05, 0) is 12.5 Å². The van der Waals surface area contributed by atoms with E-state index in [1.165, 1.54) is 0 Å². The number of ketones is 1. The highest BCUT2D eigenvalue weighted by molar-refractivity contribution is 8.14. The lowest BCUT2D eigenvalue weighted by molar-refractivity contribution is 0.100. The third kappa shape index (κ3) is 2.48. The predicted molar refractivity (Wildman–Crippen MR) is 64.9 cm³/mol. The lowest BCUT2D eigenvalue weighted by Gasteiger charge is -2.03. The van der Waals surface area contributed by atoms with Crippen LogP contribution in [0.3, 0.4) is 0 Å². The maximum atomic E-state index is 11.9. The van der Waals surface area contributed by atoms with Crippen LogP contribution in [0.1, 0.15) is 22.3 Å². The summed E-state index contributed by atoms with van der Waals surface area (Å²) < 4.78 is 0. The summed E-state index contributed by atoms with van der Waals surface area (Å²) in [6, 6.07) is 7.71. The Labute approximate surface area is 93.8 Å². The fourth-order valence-electron chi connectivity index (χ4n) is 1.60. The second-order valence-corrected chi connectivity index (χ2v) is 4.71. The molecule has 0 saturated heterocycles. The molecule has 3 heteroatoms. The molecule has 0 fully saturated rings. The second-order valence-electron chi connectivity index (χ2n) is 3.54. The van der Waals surface area contributed by atoms with Gasteiger partial charge >= 0.3 is 0 Å². The first kappa shape index (κ1) is 10.4. The zero-order valence-electron chi connectivity index (χ0n) is 8.69. The van der Waals surface area contributed by atoms with Crippen LogP contribution in [0.4, 0.5) is 0 Å². The van der Waals surface area contributed by atoms with Crippen LogP contribution in [0.15, 0.2) is 29.3 Å². The molecule has 0 spiro atoms. The van der Waals surface area contributed by atoms with Crippen molar-refractivity contribution in [3.63, 3.8) is 0 Å². The van der Waals surface area contributed by atoms with Crippen molar-refractivity contribution in [3.8, 4) is 0 Å². The summed E-state index contributed by atoms with van der Waals surface area (Å²) in [4.78, 5) is 16.2. The molecule has 2 nitrogen and oxygen atoms in total. The minimum atomic E-state index is 0.182. The minimum Gasteiger partial charge on any atom is -0.294 e. The second kappa shape index (κ2) is 4.62. The smallest absolute Gasteiger partial charge is 0.169 e. The summed E-state index contributed by atoms with van der Waals surface area (Å²) in [5.74, 6) is 1.21. The molecule has 15 heavy (non-hydrogen) atoms. The fourth-order valence-corrected chi connectivity index (χ4v) is 2.44. The van der Waals surface area contributed by atoms with Crippen LogP contribution < -0.4 is 0 Å². The van der Waals surface area contributed by atoms with Gasteiger partial charge in [-0.25, -0.2) is 0 Å². The topological polar surface area (TPSA) is 29.4 Å². The molecule has 0 N–H and O–H groups in total. The average molecular weight is 219 g/mol. The normalized spacial score (nSPS) is 15.1. The number of hydrogen-bond acceptors (Lipinski definition) is 3. The molecule has 0 bridgehead atoms. The number of Topliss-reactive ketones (excluding diaryl/α,β-unsaturated/α-hetero) is 1. The van der Waals surface area contributed by atoms with E-state index in [0.717, 1.165) is 28.5 Å². The zero-order valence-corrected chi connectivity index (χ0v) is 9.51. The zero-order chi connectivity index (χ0) is 10.7. The molecule has 1 aliphatic rings. The van der Waals surface area contributed by atoms with Gasteiger partial charge in [0.1, 0.15) is 0 Å². The number of carbonyl (C=O) groups excluding carboxylic acids is 1. The molecular weight excluding hydrogens is 206 g/mol. The number of carbonyl (C=O) groups is 1. The van der Waals surface area contributed by atoms with Crippen molar-refractivity contribution in [3.05, 3.63) is 35.4 Å². The summed E-state index contributed by atoms with van der Waals surface area (Å²) in [6.45, 7) is 2.83. The van der Waals surface area contributed by atoms with Crippen LogP contribution in [0.5, 0.6) is 0 Å². The van der Waals surface area contributed by atoms with Gasteiger partial charge in [-0.1, -0.05) is 24.3 Å². The number of aryl methyl sites for hydroxylation is 1. The van der Waals surface area contributed by atoms with Crippen LogP contribution in [0, 0.1) is 6.92 Å². The average Bonchev–Trinajstić information content (AvgIpc) is 2.71. The van der Waals surface area contributed by atoms with Crippen molar-refractivity contribution < 1.29 is 4.79 Å². The van der Waals surface area contributed by atoms with E-state index in [-0.39, 0.29) is 5.78 Å². The Morgan fingerprint density at radius 1 is 1.47 bits per heavy atom. The Hall–Kier alpha value is -1.09. The SMILES string of the molecule is Cc1ccccc1C(=O)CC1=NCCS1. The quantitative estimate of drug-likeness (QED) is 0.731. The first-order valence-corrected chi connectivity index (χ1v) is 6.01. The van der Waals surface area contributed by atoms with Crippen molar-refractivity contribution in [2.24, 2.45) is 4.99 Å². The number of hydrogen-bond donors (Lipinski definition) is 0. The van der Waals surface area contributed by atoms with E-state index in [9.17, 15) is 4.79 Å². The minimum absolute atomic E-state index is 0.182. The Kier molecular flexibility index (Phi) is 3.21. The molecule has 0 atom stereocenters. The highest BCUT2D eigenvalue weighted by Crippen LogP contribution is 2.18. The summed E-state index contributed by atoms with van der Waals surface area (Å²) in [5, 5.41) is 0.989. The van der Waals surface area contributed by atoms with Gasteiger partial charge in [0.25, 0.3) is 0 Å². The van der Waals surface area contributed by atoms with E-state index >= 15 is 0 Å². The number of rotatable bonds is 3. The lowest BCUT2D eigenvalue weighted by Crippen LogP contribution is -2.05. The van der Waals surface area contributed by atoms with Gasteiger partial charge in [0.05, 0.1) is 11.5 Å². The first-order chi connectivity index (χ1) is 7.27. The number of aliphatic imine (C=N–C) groups is 1. The van der Waals surface area contributed by atoms with Crippen molar-refractivity contribution in [1.29, 1.82) is 0 Å². The van der Waals surface area contributed by atoms with E-state index in [1.54, 1.807) is 11.8 Å².